The third-order valence-corrected chi connectivity index (χ3v) is 4.41. The molecule has 0 bridgehead atoms. The Labute approximate surface area is 93.4 Å². The van der Waals surface area contributed by atoms with Gasteiger partial charge in [0.15, 0.2) is 0 Å². The first-order valence-electron chi connectivity index (χ1n) is 5.50. The van der Waals surface area contributed by atoms with E-state index in [0.29, 0.717) is 12.6 Å². The van der Waals surface area contributed by atoms with Crippen LogP contribution in [-0.4, -0.2) is 33.7 Å². The molecule has 88 valence electrons. The molecular weight excluding hydrogens is 212 g/mol. The summed E-state index contributed by atoms with van der Waals surface area (Å²) in [5.74, 6) is -0.00460. The zero-order valence-corrected chi connectivity index (χ0v) is 10.0. The summed E-state index contributed by atoms with van der Waals surface area (Å²) in [6.45, 7) is 2.17. The van der Waals surface area contributed by atoms with Crippen LogP contribution in [0, 0.1) is 0 Å². The van der Waals surface area contributed by atoms with Gasteiger partial charge in [-0.2, -0.15) is 0 Å². The van der Waals surface area contributed by atoms with E-state index in [0.717, 1.165) is 12.8 Å². The van der Waals surface area contributed by atoms with Gasteiger partial charge in [0.1, 0.15) is 5.75 Å². The van der Waals surface area contributed by atoms with Crippen molar-refractivity contribution in [2.45, 2.75) is 43.9 Å². The minimum absolute atomic E-state index is 0.0921. The molecule has 15 heavy (non-hydrogen) atoms. The summed E-state index contributed by atoms with van der Waals surface area (Å²) in [5, 5.41) is 2.82. The van der Waals surface area contributed by atoms with E-state index in [2.05, 4.69) is 5.32 Å². The molecule has 2 atom stereocenters. The van der Waals surface area contributed by atoms with Gasteiger partial charge in [-0.25, -0.2) is 0 Å². The molecule has 0 saturated heterocycles. The molecule has 0 aromatic heterocycles. The number of carbonyl (C=O) groups is 1. The normalized spacial score (nSPS) is 21.2. The molecule has 1 saturated carbocycles. The average Bonchev–Trinajstić information content (AvgIpc) is 2.68. The third kappa shape index (κ3) is 4.30. The quantitative estimate of drug-likeness (QED) is 0.708. The van der Waals surface area contributed by atoms with Crippen molar-refractivity contribution in [3.8, 4) is 0 Å². The van der Waals surface area contributed by atoms with Gasteiger partial charge in [-0.3, -0.25) is 9.00 Å². The van der Waals surface area contributed by atoms with Crippen molar-refractivity contribution in [3.63, 3.8) is 0 Å². The summed E-state index contributed by atoms with van der Waals surface area (Å²) < 4.78 is 11.5. The van der Waals surface area contributed by atoms with Crippen molar-refractivity contribution >= 4 is 16.7 Å². The Hall–Kier alpha value is -0.420. The van der Waals surface area contributed by atoms with E-state index in [1.165, 1.54) is 12.8 Å². The van der Waals surface area contributed by atoms with Crippen LogP contribution in [0.5, 0.6) is 0 Å². The SMILES string of the molecule is CC(CN)S(=O)CC(=O)NC1CCCC1. The summed E-state index contributed by atoms with van der Waals surface area (Å²) in [6.07, 6.45) is 4.50. The maximum atomic E-state index is 11.5. The van der Waals surface area contributed by atoms with Gasteiger partial charge in [0.05, 0.1) is 0 Å². The second-order valence-electron chi connectivity index (χ2n) is 4.12. The molecule has 1 fully saturated rings. The predicted octanol–water partition coefficient (Wildman–Crippen LogP) is 0.141. The number of nitrogens with two attached hydrogens (primary N) is 1. The Morgan fingerprint density at radius 1 is 1.53 bits per heavy atom. The summed E-state index contributed by atoms with van der Waals surface area (Å²) >= 11 is 0. The molecule has 1 aliphatic rings. The van der Waals surface area contributed by atoms with E-state index in [1.807, 2.05) is 0 Å². The van der Waals surface area contributed by atoms with Gasteiger partial charge in [0, 0.05) is 28.6 Å². The Morgan fingerprint density at radius 2 is 2.13 bits per heavy atom. The van der Waals surface area contributed by atoms with Crippen LogP contribution in [0.3, 0.4) is 0 Å². The van der Waals surface area contributed by atoms with Crippen LogP contribution in [0.2, 0.25) is 0 Å². The van der Waals surface area contributed by atoms with E-state index >= 15 is 0 Å². The molecule has 0 spiro atoms. The van der Waals surface area contributed by atoms with Gasteiger partial charge in [0.2, 0.25) is 5.91 Å². The number of carbonyl (C=O) groups excluding carboxylic acids is 1. The van der Waals surface area contributed by atoms with Crippen LogP contribution in [0.25, 0.3) is 0 Å². The summed E-state index contributed by atoms with van der Waals surface area (Å²) in [7, 11) is -1.13. The fourth-order valence-corrected chi connectivity index (χ4v) is 2.56. The van der Waals surface area contributed by atoms with Gasteiger partial charge in [-0.05, 0) is 19.8 Å². The van der Waals surface area contributed by atoms with Crippen molar-refractivity contribution in [2.75, 3.05) is 12.3 Å². The molecule has 5 heteroatoms. The fraction of sp³-hybridized carbons (Fsp3) is 0.900. The summed E-state index contributed by atoms with van der Waals surface area (Å²) in [4.78, 5) is 11.5. The summed E-state index contributed by atoms with van der Waals surface area (Å²) in [6, 6.07) is 0.308. The average molecular weight is 232 g/mol. The number of rotatable bonds is 5. The van der Waals surface area contributed by atoms with E-state index in [9.17, 15) is 9.00 Å². The van der Waals surface area contributed by atoms with Crippen molar-refractivity contribution in [1.82, 2.24) is 5.32 Å². The molecule has 1 aliphatic carbocycles. The first-order chi connectivity index (χ1) is 7.13. The highest BCUT2D eigenvalue weighted by Crippen LogP contribution is 2.17. The molecule has 3 N–H and O–H groups in total. The fourth-order valence-electron chi connectivity index (χ4n) is 1.72. The number of hydrogen-bond acceptors (Lipinski definition) is 3. The molecule has 1 amide bonds. The minimum Gasteiger partial charge on any atom is -0.353 e. The summed E-state index contributed by atoms with van der Waals surface area (Å²) in [5.41, 5.74) is 5.39. The molecule has 0 aromatic rings. The van der Waals surface area contributed by atoms with E-state index in [4.69, 9.17) is 5.73 Å². The molecule has 0 radical (unpaired) electrons. The molecule has 2 unspecified atom stereocenters. The Balaban J connectivity index is 2.25. The molecular formula is C10H20N2O2S. The van der Waals surface area contributed by atoms with Crippen LogP contribution in [-0.2, 0) is 15.6 Å². The monoisotopic (exact) mass is 232 g/mol. The van der Waals surface area contributed by atoms with Crippen molar-refractivity contribution in [2.24, 2.45) is 5.73 Å². The minimum atomic E-state index is -1.13. The first-order valence-corrected chi connectivity index (χ1v) is 6.88. The lowest BCUT2D eigenvalue weighted by Crippen LogP contribution is -2.38. The molecule has 1 rings (SSSR count). The van der Waals surface area contributed by atoms with Gasteiger partial charge in [-0.15, -0.1) is 0 Å². The largest absolute Gasteiger partial charge is 0.353 e. The van der Waals surface area contributed by atoms with Gasteiger partial charge >= 0.3 is 0 Å². The van der Waals surface area contributed by atoms with E-state index in [1.54, 1.807) is 6.92 Å². The highest BCUT2D eigenvalue weighted by atomic mass is 32.2. The lowest BCUT2D eigenvalue weighted by molar-refractivity contribution is -0.119. The highest BCUT2D eigenvalue weighted by molar-refractivity contribution is 7.86. The third-order valence-electron chi connectivity index (χ3n) is 2.77. The van der Waals surface area contributed by atoms with E-state index < -0.39 is 10.8 Å². The number of hydrogen-bond donors (Lipinski definition) is 2. The maximum Gasteiger partial charge on any atom is 0.232 e. The highest BCUT2D eigenvalue weighted by Gasteiger charge is 2.19. The zero-order chi connectivity index (χ0) is 11.3. The Bertz CT molecular complexity index is 240. The maximum absolute atomic E-state index is 11.5. The molecule has 0 heterocycles. The molecule has 0 aliphatic heterocycles. The second-order valence-corrected chi connectivity index (χ2v) is 5.98. The van der Waals surface area contributed by atoms with Gasteiger partial charge < -0.3 is 11.1 Å². The van der Waals surface area contributed by atoms with E-state index in [-0.39, 0.29) is 16.9 Å². The molecule has 4 nitrogen and oxygen atoms in total. The lowest BCUT2D eigenvalue weighted by Gasteiger charge is -2.13. The van der Waals surface area contributed by atoms with Crippen LogP contribution in [0.15, 0.2) is 0 Å². The van der Waals surface area contributed by atoms with Crippen LogP contribution in [0.4, 0.5) is 0 Å². The topological polar surface area (TPSA) is 72.2 Å². The zero-order valence-electron chi connectivity index (χ0n) is 9.20. The predicted molar refractivity (Wildman–Crippen MR) is 61.9 cm³/mol. The smallest absolute Gasteiger partial charge is 0.232 e. The standard InChI is InChI=1S/C10H20N2O2S/c1-8(6-11)15(14)7-10(13)12-9-4-2-3-5-9/h8-9H,2-7,11H2,1H3,(H,12,13). The van der Waals surface area contributed by atoms with Gasteiger partial charge in [0.25, 0.3) is 0 Å². The van der Waals surface area contributed by atoms with Crippen LogP contribution < -0.4 is 11.1 Å². The van der Waals surface area contributed by atoms with Crippen LogP contribution in [0.1, 0.15) is 32.6 Å². The van der Waals surface area contributed by atoms with Crippen molar-refractivity contribution < 1.29 is 9.00 Å². The Morgan fingerprint density at radius 3 is 2.67 bits per heavy atom. The van der Waals surface area contributed by atoms with Crippen molar-refractivity contribution in [3.05, 3.63) is 0 Å². The lowest BCUT2D eigenvalue weighted by atomic mass is 10.2. The van der Waals surface area contributed by atoms with Gasteiger partial charge in [-0.1, -0.05) is 12.8 Å². The Kier molecular flexibility index (Phi) is 5.25. The van der Waals surface area contributed by atoms with Crippen molar-refractivity contribution in [1.29, 1.82) is 0 Å². The molecule has 0 aromatic carbocycles. The first kappa shape index (κ1) is 12.6. The second kappa shape index (κ2) is 6.23. The number of nitrogens with one attached hydrogen (secondary N) is 1. The van der Waals surface area contributed by atoms with Crippen LogP contribution >= 0.6 is 0 Å². The number of amides is 1.